The average molecular weight is 520 g/mol. The molecule has 0 aromatic heterocycles. The summed E-state index contributed by atoms with van der Waals surface area (Å²) in [5, 5.41) is 9.80. The Morgan fingerprint density at radius 2 is 1.94 bits per heavy atom. The maximum Gasteiger partial charge on any atom is 0.247 e. The van der Waals surface area contributed by atoms with E-state index in [1.54, 1.807) is 37.1 Å². The Labute approximate surface area is 216 Å². The molecular formula is C27H41N3O5S. The molecule has 9 heteroatoms. The summed E-state index contributed by atoms with van der Waals surface area (Å²) in [5.41, 5.74) is 0.702. The van der Waals surface area contributed by atoms with Crippen LogP contribution in [-0.4, -0.2) is 93.1 Å². The van der Waals surface area contributed by atoms with Crippen LogP contribution in [0.4, 0.5) is 0 Å². The molecular weight excluding hydrogens is 478 g/mol. The fourth-order valence-corrected chi connectivity index (χ4v) is 6.62. The van der Waals surface area contributed by atoms with Crippen LogP contribution in [0, 0.1) is 23.7 Å². The van der Waals surface area contributed by atoms with Crippen molar-refractivity contribution < 1.29 is 23.1 Å². The van der Waals surface area contributed by atoms with Crippen molar-refractivity contribution in [3.05, 3.63) is 23.8 Å². The third-order valence-electron chi connectivity index (χ3n) is 7.10. The highest BCUT2D eigenvalue weighted by Gasteiger charge is 2.38. The van der Waals surface area contributed by atoms with Crippen molar-refractivity contribution in [3.63, 3.8) is 0 Å². The molecule has 3 atom stereocenters. The molecule has 1 amide bonds. The largest absolute Gasteiger partial charge is 0.487 e. The van der Waals surface area contributed by atoms with Crippen molar-refractivity contribution in [2.24, 2.45) is 11.8 Å². The zero-order valence-corrected chi connectivity index (χ0v) is 23.1. The summed E-state index contributed by atoms with van der Waals surface area (Å²) in [5.74, 6) is 7.07. The third kappa shape index (κ3) is 7.00. The van der Waals surface area contributed by atoms with E-state index in [9.17, 15) is 18.3 Å². The fraction of sp³-hybridized carbons (Fsp3) is 0.667. The van der Waals surface area contributed by atoms with Crippen molar-refractivity contribution in [2.45, 2.75) is 63.0 Å². The first-order chi connectivity index (χ1) is 17.0. The number of likely N-dealkylation sites (N-methyl/N-ethyl adjacent to an activating group) is 2. The van der Waals surface area contributed by atoms with Crippen molar-refractivity contribution in [1.82, 2.24) is 14.1 Å². The normalized spacial score (nSPS) is 23.1. The van der Waals surface area contributed by atoms with Gasteiger partial charge in [-0.2, -0.15) is 4.31 Å². The van der Waals surface area contributed by atoms with Gasteiger partial charge in [0.2, 0.25) is 15.9 Å². The Bertz CT molecular complexity index is 1070. The number of hydrogen-bond donors (Lipinski definition) is 1. The summed E-state index contributed by atoms with van der Waals surface area (Å²) in [6.07, 6.45) is 5.38. The summed E-state index contributed by atoms with van der Waals surface area (Å²) in [4.78, 5) is 16.1. The monoisotopic (exact) mass is 519 g/mol. The Kier molecular flexibility index (Phi) is 9.81. The first kappa shape index (κ1) is 28.5. The van der Waals surface area contributed by atoms with Crippen molar-refractivity contribution in [2.75, 3.05) is 47.4 Å². The Hall–Kier alpha value is -2.12. The zero-order chi connectivity index (χ0) is 26.5. The van der Waals surface area contributed by atoms with Crippen LogP contribution in [0.1, 0.15) is 51.5 Å². The molecule has 1 aromatic carbocycles. The highest BCUT2D eigenvalue weighted by molar-refractivity contribution is 7.89. The van der Waals surface area contributed by atoms with Crippen LogP contribution in [0.2, 0.25) is 0 Å². The fourth-order valence-electron chi connectivity index (χ4n) is 4.80. The molecule has 1 heterocycles. The highest BCUT2D eigenvalue weighted by atomic mass is 32.2. The second-order valence-corrected chi connectivity index (χ2v) is 12.4. The molecule has 0 radical (unpaired) electrons. The highest BCUT2D eigenvalue weighted by Crippen LogP contribution is 2.34. The third-order valence-corrected chi connectivity index (χ3v) is 9.12. The lowest BCUT2D eigenvalue weighted by Crippen LogP contribution is -2.50. The average Bonchev–Trinajstić information content (AvgIpc) is 3.33. The molecule has 200 valence electrons. The number of sulfonamides is 1. The minimum Gasteiger partial charge on any atom is -0.487 e. The number of nitrogens with zero attached hydrogens (tertiary/aromatic N) is 3. The van der Waals surface area contributed by atoms with E-state index in [-0.39, 0.29) is 42.2 Å². The summed E-state index contributed by atoms with van der Waals surface area (Å²) in [6.45, 7) is 4.07. The predicted octanol–water partition coefficient (Wildman–Crippen LogP) is 2.41. The van der Waals surface area contributed by atoms with E-state index in [0.717, 1.165) is 6.42 Å². The van der Waals surface area contributed by atoms with Gasteiger partial charge in [-0.25, -0.2) is 8.42 Å². The second-order valence-electron chi connectivity index (χ2n) is 10.6. The molecule has 0 spiro atoms. The Morgan fingerprint density at radius 1 is 1.25 bits per heavy atom. The van der Waals surface area contributed by atoms with Gasteiger partial charge >= 0.3 is 0 Å². The topological polar surface area (TPSA) is 90.4 Å². The van der Waals surface area contributed by atoms with Crippen LogP contribution in [0.3, 0.4) is 0 Å². The summed E-state index contributed by atoms with van der Waals surface area (Å²) in [6, 6.07) is 4.37. The van der Waals surface area contributed by atoms with Crippen molar-refractivity contribution in [1.29, 1.82) is 0 Å². The van der Waals surface area contributed by atoms with Gasteiger partial charge in [-0.15, -0.1) is 0 Å². The number of hydrogen-bond acceptors (Lipinski definition) is 6. The van der Waals surface area contributed by atoms with Gasteiger partial charge in [0.25, 0.3) is 0 Å². The van der Waals surface area contributed by atoms with E-state index in [0.29, 0.717) is 18.0 Å². The molecule has 3 rings (SSSR count). The molecule has 1 aliphatic heterocycles. The van der Waals surface area contributed by atoms with Crippen LogP contribution < -0.4 is 4.74 Å². The molecule has 0 saturated heterocycles. The molecule has 1 N–H and O–H groups in total. The molecule has 1 fully saturated rings. The summed E-state index contributed by atoms with van der Waals surface area (Å²) >= 11 is 0. The number of carbonyl (C=O) groups is 1. The molecule has 1 aliphatic carbocycles. The van der Waals surface area contributed by atoms with Crippen LogP contribution in [0.25, 0.3) is 0 Å². The number of ether oxygens (including phenoxy) is 1. The van der Waals surface area contributed by atoms with Gasteiger partial charge in [-0.1, -0.05) is 31.6 Å². The summed E-state index contributed by atoms with van der Waals surface area (Å²) < 4.78 is 34.9. The molecule has 2 aliphatic rings. The molecule has 36 heavy (non-hydrogen) atoms. The quantitative estimate of drug-likeness (QED) is 0.557. The second kappa shape index (κ2) is 12.4. The first-order valence-electron chi connectivity index (χ1n) is 12.8. The van der Waals surface area contributed by atoms with Gasteiger partial charge in [-0.3, -0.25) is 4.79 Å². The van der Waals surface area contributed by atoms with Crippen LogP contribution in [0.5, 0.6) is 5.75 Å². The lowest BCUT2D eigenvalue weighted by molar-refractivity contribution is -0.132. The Morgan fingerprint density at radius 3 is 2.58 bits per heavy atom. The van der Waals surface area contributed by atoms with Crippen molar-refractivity contribution in [3.8, 4) is 17.6 Å². The number of rotatable bonds is 7. The van der Waals surface area contributed by atoms with Crippen LogP contribution in [0.15, 0.2) is 23.1 Å². The van der Waals surface area contributed by atoms with Gasteiger partial charge in [0.05, 0.1) is 19.7 Å². The minimum atomic E-state index is -3.91. The molecule has 0 bridgehead atoms. The van der Waals surface area contributed by atoms with E-state index >= 15 is 0 Å². The number of aliphatic hydroxyl groups is 1. The minimum absolute atomic E-state index is 0.0437. The van der Waals surface area contributed by atoms with E-state index in [4.69, 9.17) is 4.74 Å². The van der Waals surface area contributed by atoms with Gasteiger partial charge in [0.15, 0.2) is 0 Å². The molecule has 8 nitrogen and oxygen atoms in total. The number of benzene rings is 1. The van der Waals surface area contributed by atoms with Crippen molar-refractivity contribution >= 4 is 15.9 Å². The Balaban J connectivity index is 1.95. The predicted molar refractivity (Wildman–Crippen MR) is 140 cm³/mol. The van der Waals surface area contributed by atoms with E-state index in [1.165, 1.54) is 30.0 Å². The summed E-state index contributed by atoms with van der Waals surface area (Å²) in [7, 11) is 1.50. The number of carbonyl (C=O) groups excluding carboxylic acids is 1. The van der Waals surface area contributed by atoms with Gasteiger partial charge in [0, 0.05) is 37.5 Å². The van der Waals surface area contributed by atoms with Crippen LogP contribution >= 0.6 is 0 Å². The number of amides is 1. The van der Waals surface area contributed by atoms with Gasteiger partial charge < -0.3 is 19.6 Å². The number of fused-ring (bicyclic) bond motifs is 1. The van der Waals surface area contributed by atoms with E-state index < -0.39 is 22.2 Å². The van der Waals surface area contributed by atoms with Gasteiger partial charge in [-0.05, 0) is 58.0 Å². The van der Waals surface area contributed by atoms with Crippen LogP contribution in [-0.2, 0) is 14.8 Å². The van der Waals surface area contributed by atoms with E-state index in [2.05, 4.69) is 11.8 Å². The molecule has 0 unspecified atom stereocenters. The maximum atomic E-state index is 13.6. The van der Waals surface area contributed by atoms with E-state index in [1.807, 2.05) is 25.9 Å². The molecule has 1 aromatic rings. The smallest absolute Gasteiger partial charge is 0.247 e. The lowest BCUT2D eigenvalue weighted by Gasteiger charge is -2.37. The lowest BCUT2D eigenvalue weighted by atomic mass is 10.0. The zero-order valence-electron chi connectivity index (χ0n) is 22.2. The SMILES string of the molecule is C[C@@H]1CN([C@H](C)CO)S(=O)(=O)c2ccc(C#CCC3CCCC3)cc2O[C@H]1CN(C)C(=O)CN(C)C. The number of aliphatic hydroxyl groups excluding tert-OH is 1. The maximum absolute atomic E-state index is 13.6. The van der Waals surface area contributed by atoms with Gasteiger partial charge in [0.1, 0.15) is 16.7 Å². The molecule has 1 saturated carbocycles. The standard InChI is InChI=1S/C27H41N3O5S/c1-20-16-30(21(2)19-31)36(33,34)26-14-13-23(12-8-11-22-9-6-7-10-22)15-24(26)35-25(20)17-29(5)27(32)18-28(3)4/h13-15,20-22,25,31H,6-7,9-11,16-19H2,1-5H3/t20-,21-,25+/m1/s1. The first-order valence-corrected chi connectivity index (χ1v) is 14.3.